The Labute approximate surface area is 74.0 Å². The van der Waals surface area contributed by atoms with Crippen molar-refractivity contribution >= 4 is 5.97 Å². The third kappa shape index (κ3) is 2.46. The third-order valence-electron chi connectivity index (χ3n) is 1.19. The van der Waals surface area contributed by atoms with Crippen LogP contribution in [-0.2, 0) is 4.79 Å². The number of hydrogen-bond donors (Lipinski definition) is 0. The van der Waals surface area contributed by atoms with E-state index in [1.807, 2.05) is 0 Å². The van der Waals surface area contributed by atoms with E-state index in [-0.39, 0.29) is 5.88 Å². The molecule has 0 saturated carbocycles. The van der Waals surface area contributed by atoms with Gasteiger partial charge in [0.2, 0.25) is 5.22 Å². The summed E-state index contributed by atoms with van der Waals surface area (Å²) in [6.45, 7) is 1.27. The summed E-state index contributed by atoms with van der Waals surface area (Å²) < 4.78 is 5.88. The molecule has 0 atom stereocenters. The number of pyridine rings is 1. The van der Waals surface area contributed by atoms with Crippen LogP contribution in [0.2, 0.25) is 0 Å². The highest BCUT2D eigenvalue weighted by molar-refractivity contribution is 5.68. The lowest BCUT2D eigenvalue weighted by Crippen LogP contribution is -2.29. The van der Waals surface area contributed by atoms with Crippen LogP contribution in [0.4, 0.5) is 0 Å². The predicted molar refractivity (Wildman–Crippen MR) is 42.5 cm³/mol. The fraction of sp³-hybridized carbons (Fsp3) is 0.143. The summed E-state index contributed by atoms with van der Waals surface area (Å²) >= 11 is 0. The summed E-state index contributed by atoms with van der Waals surface area (Å²) in [6.07, 6.45) is 1.48. The van der Waals surface area contributed by atoms with Gasteiger partial charge in [0.15, 0.2) is 6.20 Å². The highest BCUT2D eigenvalue weighted by atomic mass is 16.5. The fourth-order valence-corrected chi connectivity index (χ4v) is 0.764. The Balaban J connectivity index is 3.04. The Morgan fingerprint density at radius 2 is 2.46 bits per heavy atom. The number of carbonyl (C=O) groups excluding carboxylic acids is 1. The molecule has 6 heteroatoms. The van der Waals surface area contributed by atoms with Crippen molar-refractivity contribution in [2.45, 2.75) is 6.92 Å². The van der Waals surface area contributed by atoms with Gasteiger partial charge in [0.1, 0.15) is 0 Å². The van der Waals surface area contributed by atoms with Gasteiger partial charge in [-0.2, -0.15) is 0 Å². The maximum Gasteiger partial charge on any atom is 0.393 e. The monoisotopic (exact) mass is 179 g/mol. The zero-order chi connectivity index (χ0) is 9.68. The van der Waals surface area contributed by atoms with Crippen LogP contribution in [0.15, 0.2) is 29.6 Å². The van der Waals surface area contributed by atoms with E-state index < -0.39 is 5.97 Å². The average Bonchev–Trinajstić information content (AvgIpc) is 2.08. The number of hydrogen-bond acceptors (Lipinski definition) is 3. The number of nitrogens with zero attached hydrogens (tertiary/aromatic N) is 4. The zero-order valence-corrected chi connectivity index (χ0v) is 6.91. The zero-order valence-electron chi connectivity index (χ0n) is 6.91. The molecule has 0 radical (unpaired) electrons. The van der Waals surface area contributed by atoms with Gasteiger partial charge in [-0.3, -0.25) is 4.79 Å². The molecule has 0 saturated heterocycles. The molecule has 13 heavy (non-hydrogen) atoms. The van der Waals surface area contributed by atoms with E-state index in [0.717, 1.165) is 4.68 Å². The third-order valence-corrected chi connectivity index (χ3v) is 1.19. The Hall–Kier alpha value is -2.07. The van der Waals surface area contributed by atoms with Gasteiger partial charge in [-0.1, -0.05) is 0 Å². The molecule has 6 nitrogen and oxygen atoms in total. The molecule has 0 N–H and O–H groups in total. The minimum atomic E-state index is -0.465. The summed E-state index contributed by atoms with van der Waals surface area (Å²) in [5.41, 5.74) is 8.18. The van der Waals surface area contributed by atoms with Crippen molar-refractivity contribution in [2.24, 2.45) is 5.22 Å². The van der Waals surface area contributed by atoms with Gasteiger partial charge in [-0.05, 0) is 10.7 Å². The normalized spacial score (nSPS) is 8.69. The fourth-order valence-electron chi connectivity index (χ4n) is 0.764. The summed E-state index contributed by atoms with van der Waals surface area (Å²) in [4.78, 5) is 13.2. The lowest BCUT2D eigenvalue weighted by atomic mass is 10.5. The van der Waals surface area contributed by atoms with Gasteiger partial charge in [-0.25, -0.2) is 0 Å². The highest BCUT2D eigenvalue weighted by Gasteiger charge is 2.11. The molecule has 1 aromatic rings. The SMILES string of the molecule is CC(=O)Oc1cccc[n+]1N=[N+]=[N-]. The first kappa shape index (κ1) is 9.02. The molecule has 0 bridgehead atoms. The summed E-state index contributed by atoms with van der Waals surface area (Å²) in [5.74, 6) is -0.277. The van der Waals surface area contributed by atoms with E-state index in [9.17, 15) is 4.79 Å². The molecule has 1 rings (SSSR count). The summed E-state index contributed by atoms with van der Waals surface area (Å²) in [6, 6.07) is 4.85. The molecule has 0 aliphatic rings. The first-order chi connectivity index (χ1) is 6.24. The van der Waals surface area contributed by atoms with Crippen molar-refractivity contribution < 1.29 is 14.2 Å². The Morgan fingerprint density at radius 1 is 1.69 bits per heavy atom. The largest absolute Gasteiger partial charge is 0.393 e. The second-order valence-electron chi connectivity index (χ2n) is 2.16. The van der Waals surface area contributed by atoms with Crippen LogP contribution in [0.5, 0.6) is 5.88 Å². The van der Waals surface area contributed by atoms with Gasteiger partial charge >= 0.3 is 11.8 Å². The quantitative estimate of drug-likeness (QED) is 0.223. The number of azide groups is 1. The predicted octanol–water partition coefficient (Wildman–Crippen LogP) is 0.973. The molecule has 0 aliphatic carbocycles. The molecule has 0 aliphatic heterocycles. The molecular weight excluding hydrogens is 172 g/mol. The molecule has 0 spiro atoms. The van der Waals surface area contributed by atoms with Crippen LogP contribution in [-0.4, -0.2) is 5.97 Å². The molecule has 0 aromatic carbocycles. The summed E-state index contributed by atoms with van der Waals surface area (Å²) in [5, 5.41) is 3.28. The lowest BCUT2D eigenvalue weighted by Gasteiger charge is -1.94. The van der Waals surface area contributed by atoms with Gasteiger partial charge in [0.05, 0.1) is 11.0 Å². The van der Waals surface area contributed by atoms with Crippen molar-refractivity contribution in [3.05, 3.63) is 34.8 Å². The van der Waals surface area contributed by atoms with E-state index >= 15 is 0 Å². The van der Waals surface area contributed by atoms with Crippen molar-refractivity contribution in [3.63, 3.8) is 0 Å². The summed E-state index contributed by atoms with van der Waals surface area (Å²) in [7, 11) is 0. The minimum absolute atomic E-state index is 0.188. The van der Waals surface area contributed by atoms with Gasteiger partial charge in [0.25, 0.3) is 0 Å². The van der Waals surface area contributed by atoms with E-state index in [4.69, 9.17) is 10.3 Å². The first-order valence-corrected chi connectivity index (χ1v) is 3.48. The molecule has 1 heterocycles. The molecular formula is C7H7N4O2+. The van der Waals surface area contributed by atoms with Crippen LogP contribution in [0.1, 0.15) is 6.92 Å². The number of ether oxygens (including phenoxy) is 1. The maximum absolute atomic E-state index is 10.6. The topological polar surface area (TPSA) is 78.9 Å². The van der Waals surface area contributed by atoms with Crippen LogP contribution in [0.3, 0.4) is 0 Å². The van der Waals surface area contributed by atoms with Crippen LogP contribution < -0.4 is 9.41 Å². The van der Waals surface area contributed by atoms with E-state index in [1.165, 1.54) is 19.2 Å². The van der Waals surface area contributed by atoms with Gasteiger partial charge in [-0.15, -0.1) is 0 Å². The highest BCUT2D eigenvalue weighted by Crippen LogP contribution is 2.01. The van der Waals surface area contributed by atoms with Gasteiger partial charge < -0.3 is 4.74 Å². The second-order valence-corrected chi connectivity index (χ2v) is 2.16. The van der Waals surface area contributed by atoms with E-state index in [1.54, 1.807) is 12.1 Å². The molecule has 0 amide bonds. The Kier molecular flexibility index (Phi) is 2.83. The lowest BCUT2D eigenvalue weighted by molar-refractivity contribution is -0.685. The number of aromatic nitrogens is 1. The number of esters is 1. The Bertz CT molecular complexity index is 371. The van der Waals surface area contributed by atoms with E-state index in [0.29, 0.717) is 0 Å². The number of rotatable bonds is 2. The standard InChI is InChI=1S/C7H7N4O2/c1-6(12)13-7-4-2-3-5-11(7)10-9-8/h2-5H,1H3/q+1. The van der Waals surface area contributed by atoms with Crippen LogP contribution in [0.25, 0.3) is 10.4 Å². The molecule has 1 aromatic heterocycles. The average molecular weight is 179 g/mol. The van der Waals surface area contributed by atoms with Gasteiger partial charge in [0, 0.05) is 18.5 Å². The van der Waals surface area contributed by atoms with Crippen molar-refractivity contribution in [1.82, 2.24) is 0 Å². The molecule has 0 fully saturated rings. The van der Waals surface area contributed by atoms with Crippen molar-refractivity contribution in [1.29, 1.82) is 0 Å². The molecule has 66 valence electrons. The second kappa shape index (κ2) is 4.08. The van der Waals surface area contributed by atoms with Crippen molar-refractivity contribution in [3.8, 4) is 5.88 Å². The minimum Gasteiger partial charge on any atom is -0.370 e. The van der Waals surface area contributed by atoms with Crippen LogP contribution >= 0.6 is 0 Å². The van der Waals surface area contributed by atoms with E-state index in [2.05, 4.69) is 10.1 Å². The Morgan fingerprint density at radius 3 is 3.08 bits per heavy atom. The van der Waals surface area contributed by atoms with Crippen molar-refractivity contribution in [2.75, 3.05) is 0 Å². The van der Waals surface area contributed by atoms with Crippen LogP contribution in [0, 0.1) is 0 Å². The maximum atomic E-state index is 10.6. The number of carbonyl (C=O) groups is 1. The first-order valence-electron chi connectivity index (χ1n) is 3.48. The molecule has 0 unspecified atom stereocenters. The smallest absolute Gasteiger partial charge is 0.370 e.